The van der Waals surface area contributed by atoms with Crippen LogP contribution in [0.15, 0.2) is 24.5 Å². The summed E-state index contributed by atoms with van der Waals surface area (Å²) < 4.78 is 5.66. The van der Waals surface area contributed by atoms with Gasteiger partial charge in [-0.15, -0.1) is 0 Å². The molecule has 0 fully saturated rings. The van der Waals surface area contributed by atoms with E-state index in [1.54, 1.807) is 12.4 Å². The fourth-order valence-corrected chi connectivity index (χ4v) is 1.14. The molecule has 0 spiro atoms. The van der Waals surface area contributed by atoms with E-state index in [0.717, 1.165) is 18.6 Å². The second-order valence-electron chi connectivity index (χ2n) is 2.91. The van der Waals surface area contributed by atoms with Crippen molar-refractivity contribution in [3.05, 3.63) is 24.5 Å². The van der Waals surface area contributed by atoms with Crippen LogP contribution in [0.4, 0.5) is 0 Å². The maximum atomic E-state index is 5.66. The lowest BCUT2D eigenvalue weighted by molar-refractivity contribution is 0.189. The summed E-state index contributed by atoms with van der Waals surface area (Å²) in [6.07, 6.45) is 5.54. The molecular formula is C10H16N2O. The Kier molecular flexibility index (Phi) is 4.26. The van der Waals surface area contributed by atoms with Crippen molar-refractivity contribution in [3.8, 4) is 5.75 Å². The SMILES string of the molecule is CCC(CCN)Oc1cccnc1. The predicted molar refractivity (Wildman–Crippen MR) is 52.6 cm³/mol. The van der Waals surface area contributed by atoms with Gasteiger partial charge in [0.2, 0.25) is 0 Å². The second kappa shape index (κ2) is 5.54. The van der Waals surface area contributed by atoms with Crippen LogP contribution in [0.1, 0.15) is 19.8 Å². The molecule has 1 rings (SSSR count). The lowest BCUT2D eigenvalue weighted by atomic mass is 10.2. The number of rotatable bonds is 5. The van der Waals surface area contributed by atoms with Crippen molar-refractivity contribution in [1.29, 1.82) is 0 Å². The molecule has 1 aromatic rings. The summed E-state index contributed by atoms with van der Waals surface area (Å²) in [6.45, 7) is 2.76. The van der Waals surface area contributed by atoms with Gasteiger partial charge in [-0.3, -0.25) is 4.98 Å². The number of hydrogen-bond acceptors (Lipinski definition) is 3. The van der Waals surface area contributed by atoms with E-state index in [1.165, 1.54) is 0 Å². The Labute approximate surface area is 78.9 Å². The van der Waals surface area contributed by atoms with Gasteiger partial charge < -0.3 is 10.5 Å². The van der Waals surface area contributed by atoms with Crippen LogP contribution in [0.3, 0.4) is 0 Å². The Balaban J connectivity index is 2.46. The topological polar surface area (TPSA) is 48.1 Å². The van der Waals surface area contributed by atoms with Crippen LogP contribution in [0.5, 0.6) is 5.75 Å². The molecule has 0 saturated heterocycles. The van der Waals surface area contributed by atoms with Crippen LogP contribution in [-0.4, -0.2) is 17.6 Å². The van der Waals surface area contributed by atoms with E-state index in [2.05, 4.69) is 11.9 Å². The predicted octanol–water partition coefficient (Wildman–Crippen LogP) is 1.59. The normalized spacial score (nSPS) is 12.5. The van der Waals surface area contributed by atoms with Crippen LogP contribution in [-0.2, 0) is 0 Å². The molecule has 0 aliphatic heterocycles. The van der Waals surface area contributed by atoms with Gasteiger partial charge in [0.1, 0.15) is 5.75 Å². The van der Waals surface area contributed by atoms with Gasteiger partial charge in [-0.1, -0.05) is 6.92 Å². The first-order valence-electron chi connectivity index (χ1n) is 4.63. The van der Waals surface area contributed by atoms with E-state index in [9.17, 15) is 0 Å². The average Bonchev–Trinajstić information content (AvgIpc) is 2.19. The third kappa shape index (κ3) is 3.42. The Morgan fingerprint density at radius 3 is 3.00 bits per heavy atom. The van der Waals surface area contributed by atoms with E-state index < -0.39 is 0 Å². The second-order valence-corrected chi connectivity index (χ2v) is 2.91. The van der Waals surface area contributed by atoms with Gasteiger partial charge >= 0.3 is 0 Å². The third-order valence-electron chi connectivity index (χ3n) is 1.88. The van der Waals surface area contributed by atoms with Crippen molar-refractivity contribution in [2.45, 2.75) is 25.9 Å². The average molecular weight is 180 g/mol. The first-order valence-corrected chi connectivity index (χ1v) is 4.63. The van der Waals surface area contributed by atoms with Crippen LogP contribution in [0.25, 0.3) is 0 Å². The summed E-state index contributed by atoms with van der Waals surface area (Å²) in [7, 11) is 0. The third-order valence-corrected chi connectivity index (χ3v) is 1.88. The molecule has 3 heteroatoms. The lowest BCUT2D eigenvalue weighted by Gasteiger charge is -2.15. The standard InChI is InChI=1S/C10H16N2O/c1-2-9(5-6-11)13-10-4-3-7-12-8-10/h3-4,7-9H,2,5-6,11H2,1H3. The smallest absolute Gasteiger partial charge is 0.137 e. The molecule has 1 unspecified atom stereocenters. The molecule has 72 valence electrons. The van der Waals surface area contributed by atoms with Gasteiger partial charge in [0.05, 0.1) is 12.3 Å². The maximum Gasteiger partial charge on any atom is 0.137 e. The highest BCUT2D eigenvalue weighted by atomic mass is 16.5. The number of nitrogens with two attached hydrogens (primary N) is 1. The first kappa shape index (κ1) is 9.99. The molecule has 0 aliphatic rings. The minimum Gasteiger partial charge on any atom is -0.489 e. The molecule has 0 aliphatic carbocycles. The Hall–Kier alpha value is -1.09. The Morgan fingerprint density at radius 2 is 2.46 bits per heavy atom. The highest BCUT2D eigenvalue weighted by molar-refractivity contribution is 5.15. The zero-order valence-corrected chi connectivity index (χ0v) is 7.94. The summed E-state index contributed by atoms with van der Waals surface area (Å²) in [5.74, 6) is 0.822. The quantitative estimate of drug-likeness (QED) is 0.748. The number of pyridine rings is 1. The first-order chi connectivity index (χ1) is 6.36. The molecule has 1 atom stereocenters. The van der Waals surface area contributed by atoms with Gasteiger partial charge in [0, 0.05) is 6.20 Å². The molecule has 0 bridgehead atoms. The van der Waals surface area contributed by atoms with Gasteiger partial charge in [0.15, 0.2) is 0 Å². The van der Waals surface area contributed by atoms with Crippen molar-refractivity contribution >= 4 is 0 Å². The number of aromatic nitrogens is 1. The number of nitrogens with zero attached hydrogens (tertiary/aromatic N) is 1. The largest absolute Gasteiger partial charge is 0.489 e. The lowest BCUT2D eigenvalue weighted by Crippen LogP contribution is -2.19. The fourth-order valence-electron chi connectivity index (χ4n) is 1.14. The van der Waals surface area contributed by atoms with Crippen molar-refractivity contribution in [1.82, 2.24) is 4.98 Å². The van der Waals surface area contributed by atoms with Crippen molar-refractivity contribution in [3.63, 3.8) is 0 Å². The summed E-state index contributed by atoms with van der Waals surface area (Å²) >= 11 is 0. The van der Waals surface area contributed by atoms with E-state index in [1.807, 2.05) is 12.1 Å². The number of ether oxygens (including phenoxy) is 1. The molecule has 0 aromatic carbocycles. The van der Waals surface area contributed by atoms with E-state index in [0.29, 0.717) is 6.54 Å². The Bertz CT molecular complexity index is 226. The summed E-state index contributed by atoms with van der Waals surface area (Å²) in [5, 5.41) is 0. The van der Waals surface area contributed by atoms with Crippen LogP contribution >= 0.6 is 0 Å². The molecular weight excluding hydrogens is 164 g/mol. The summed E-state index contributed by atoms with van der Waals surface area (Å²) in [5.41, 5.74) is 5.46. The highest BCUT2D eigenvalue weighted by Gasteiger charge is 2.05. The molecule has 13 heavy (non-hydrogen) atoms. The van der Waals surface area contributed by atoms with Crippen LogP contribution < -0.4 is 10.5 Å². The fraction of sp³-hybridized carbons (Fsp3) is 0.500. The van der Waals surface area contributed by atoms with Gasteiger partial charge in [-0.25, -0.2) is 0 Å². The monoisotopic (exact) mass is 180 g/mol. The maximum absolute atomic E-state index is 5.66. The van der Waals surface area contributed by atoms with Crippen LogP contribution in [0.2, 0.25) is 0 Å². The minimum atomic E-state index is 0.217. The molecule has 0 saturated carbocycles. The zero-order valence-electron chi connectivity index (χ0n) is 7.94. The Morgan fingerprint density at radius 1 is 1.62 bits per heavy atom. The molecule has 0 amide bonds. The number of hydrogen-bond donors (Lipinski definition) is 1. The van der Waals surface area contributed by atoms with Gasteiger partial charge in [-0.05, 0) is 31.5 Å². The highest BCUT2D eigenvalue weighted by Crippen LogP contribution is 2.12. The van der Waals surface area contributed by atoms with E-state index >= 15 is 0 Å². The molecule has 2 N–H and O–H groups in total. The van der Waals surface area contributed by atoms with Crippen molar-refractivity contribution in [2.75, 3.05) is 6.54 Å². The van der Waals surface area contributed by atoms with Gasteiger partial charge in [0.25, 0.3) is 0 Å². The molecule has 1 heterocycles. The van der Waals surface area contributed by atoms with E-state index in [4.69, 9.17) is 10.5 Å². The minimum absolute atomic E-state index is 0.217. The zero-order chi connectivity index (χ0) is 9.52. The summed E-state index contributed by atoms with van der Waals surface area (Å²) in [4.78, 5) is 3.98. The van der Waals surface area contributed by atoms with Crippen molar-refractivity contribution < 1.29 is 4.74 Å². The molecule has 3 nitrogen and oxygen atoms in total. The summed E-state index contributed by atoms with van der Waals surface area (Å²) in [6, 6.07) is 3.77. The van der Waals surface area contributed by atoms with Crippen LogP contribution in [0, 0.1) is 0 Å². The van der Waals surface area contributed by atoms with E-state index in [-0.39, 0.29) is 6.10 Å². The molecule has 0 radical (unpaired) electrons. The van der Waals surface area contributed by atoms with Gasteiger partial charge in [-0.2, -0.15) is 0 Å². The van der Waals surface area contributed by atoms with Crippen molar-refractivity contribution in [2.24, 2.45) is 5.73 Å². The molecule has 1 aromatic heterocycles.